The van der Waals surface area contributed by atoms with Crippen LogP contribution in [0.25, 0.3) is 0 Å². The zero-order valence-electron chi connectivity index (χ0n) is 10.3. The van der Waals surface area contributed by atoms with Crippen molar-refractivity contribution < 1.29 is 5.11 Å². The number of nitrogens with zero attached hydrogens (tertiary/aromatic N) is 1. The van der Waals surface area contributed by atoms with Crippen LogP contribution in [0.2, 0.25) is 0 Å². The lowest BCUT2D eigenvalue weighted by atomic mass is 9.92. The highest BCUT2D eigenvalue weighted by molar-refractivity contribution is 5.62. The van der Waals surface area contributed by atoms with E-state index >= 15 is 0 Å². The molecule has 0 bridgehead atoms. The summed E-state index contributed by atoms with van der Waals surface area (Å²) >= 11 is 0. The van der Waals surface area contributed by atoms with Crippen molar-refractivity contribution in [3.05, 3.63) is 54.2 Å². The van der Waals surface area contributed by atoms with Gasteiger partial charge in [0.15, 0.2) is 0 Å². The first kappa shape index (κ1) is 12.4. The zero-order chi connectivity index (χ0) is 13.0. The topological polar surface area (TPSA) is 71.2 Å². The molecule has 0 radical (unpaired) electrons. The number of aliphatic hydroxyl groups excluding tert-OH is 1. The van der Waals surface area contributed by atoms with Gasteiger partial charge in [-0.15, -0.1) is 0 Å². The molecule has 1 heterocycles. The summed E-state index contributed by atoms with van der Waals surface area (Å²) in [4.78, 5) is 4.02. The Hall–Kier alpha value is -2.07. The first-order valence-corrected chi connectivity index (χ1v) is 5.81. The number of benzene rings is 1. The highest BCUT2D eigenvalue weighted by Crippen LogP contribution is 2.27. The lowest BCUT2D eigenvalue weighted by Crippen LogP contribution is -2.36. The molecule has 0 aliphatic heterocycles. The van der Waals surface area contributed by atoms with Crippen molar-refractivity contribution in [2.45, 2.75) is 12.5 Å². The van der Waals surface area contributed by atoms with Gasteiger partial charge in [-0.3, -0.25) is 0 Å². The largest absolute Gasteiger partial charge is 0.394 e. The van der Waals surface area contributed by atoms with Gasteiger partial charge in [-0.05, 0) is 24.6 Å². The predicted molar refractivity (Wildman–Crippen MR) is 73.2 cm³/mol. The van der Waals surface area contributed by atoms with Crippen LogP contribution in [-0.2, 0) is 5.54 Å². The molecular formula is C14H17N3O. The summed E-state index contributed by atoms with van der Waals surface area (Å²) in [6.45, 7) is 1.89. The fourth-order valence-electron chi connectivity index (χ4n) is 1.83. The van der Waals surface area contributed by atoms with Crippen LogP contribution in [0.5, 0.6) is 0 Å². The van der Waals surface area contributed by atoms with Crippen molar-refractivity contribution in [3.8, 4) is 0 Å². The average Bonchev–Trinajstić information content (AvgIpc) is 2.42. The lowest BCUT2D eigenvalue weighted by Gasteiger charge is -2.30. The second-order valence-corrected chi connectivity index (χ2v) is 4.42. The number of nitrogens with two attached hydrogens (primary N) is 1. The summed E-state index contributed by atoms with van der Waals surface area (Å²) in [5.74, 6) is 0.424. The Morgan fingerprint density at radius 1 is 1.22 bits per heavy atom. The fourth-order valence-corrected chi connectivity index (χ4v) is 1.83. The molecule has 2 aromatic rings. The van der Waals surface area contributed by atoms with Crippen molar-refractivity contribution in [3.63, 3.8) is 0 Å². The second-order valence-electron chi connectivity index (χ2n) is 4.42. The number of pyridine rings is 1. The Kier molecular flexibility index (Phi) is 3.48. The molecule has 0 saturated heterocycles. The molecule has 0 aliphatic rings. The van der Waals surface area contributed by atoms with Gasteiger partial charge in [0.25, 0.3) is 0 Å². The van der Waals surface area contributed by atoms with E-state index in [1.807, 2.05) is 49.4 Å². The molecule has 1 unspecified atom stereocenters. The van der Waals surface area contributed by atoms with E-state index in [2.05, 4.69) is 10.3 Å². The number of nitrogens with one attached hydrogen (secondary N) is 1. The first-order chi connectivity index (χ1) is 8.65. The van der Waals surface area contributed by atoms with Gasteiger partial charge in [0, 0.05) is 6.20 Å². The van der Waals surface area contributed by atoms with Crippen LogP contribution in [0.1, 0.15) is 12.5 Å². The quantitative estimate of drug-likeness (QED) is 0.768. The predicted octanol–water partition coefficient (Wildman–Crippen LogP) is 1.98. The van der Waals surface area contributed by atoms with Crippen molar-refractivity contribution >= 4 is 11.5 Å². The summed E-state index contributed by atoms with van der Waals surface area (Å²) in [5, 5.41) is 12.9. The zero-order valence-corrected chi connectivity index (χ0v) is 10.3. The number of hydrogen-bond acceptors (Lipinski definition) is 4. The molecule has 4 N–H and O–H groups in total. The molecule has 2 rings (SSSR count). The molecule has 0 aliphatic carbocycles. The Labute approximate surface area is 106 Å². The van der Waals surface area contributed by atoms with E-state index < -0.39 is 5.54 Å². The van der Waals surface area contributed by atoms with Crippen molar-refractivity contribution in [1.29, 1.82) is 0 Å². The number of rotatable bonds is 4. The second kappa shape index (κ2) is 5.06. The molecule has 0 saturated carbocycles. The maximum Gasteiger partial charge on any atom is 0.146 e. The molecule has 94 valence electrons. The summed E-state index contributed by atoms with van der Waals surface area (Å²) in [6.07, 6.45) is 1.64. The molecule has 1 atom stereocenters. The SMILES string of the molecule is CC(CO)(Nc1cccnc1N)c1ccccc1. The fraction of sp³-hybridized carbons (Fsp3) is 0.214. The number of hydrogen-bond donors (Lipinski definition) is 3. The van der Waals surface area contributed by atoms with Crippen LogP contribution in [-0.4, -0.2) is 16.7 Å². The van der Waals surface area contributed by atoms with Gasteiger partial charge in [0.05, 0.1) is 17.8 Å². The monoisotopic (exact) mass is 243 g/mol. The van der Waals surface area contributed by atoms with E-state index in [9.17, 15) is 5.11 Å². The lowest BCUT2D eigenvalue weighted by molar-refractivity contribution is 0.224. The van der Waals surface area contributed by atoms with Crippen molar-refractivity contribution in [2.24, 2.45) is 0 Å². The number of aromatic nitrogens is 1. The van der Waals surface area contributed by atoms with Gasteiger partial charge < -0.3 is 16.2 Å². The molecule has 0 fully saturated rings. The summed E-state index contributed by atoms with van der Waals surface area (Å²) < 4.78 is 0. The van der Waals surface area contributed by atoms with Crippen LogP contribution in [0.3, 0.4) is 0 Å². The average molecular weight is 243 g/mol. The van der Waals surface area contributed by atoms with E-state index in [0.717, 1.165) is 11.3 Å². The number of nitrogen functional groups attached to an aromatic ring is 1. The Balaban J connectivity index is 2.32. The van der Waals surface area contributed by atoms with E-state index in [0.29, 0.717) is 5.82 Å². The van der Waals surface area contributed by atoms with E-state index in [1.54, 1.807) is 6.20 Å². The highest BCUT2D eigenvalue weighted by atomic mass is 16.3. The third-order valence-corrected chi connectivity index (χ3v) is 2.98. The van der Waals surface area contributed by atoms with Gasteiger partial charge >= 0.3 is 0 Å². The first-order valence-electron chi connectivity index (χ1n) is 5.81. The molecule has 4 nitrogen and oxygen atoms in total. The van der Waals surface area contributed by atoms with E-state index in [4.69, 9.17) is 5.73 Å². The smallest absolute Gasteiger partial charge is 0.146 e. The maximum atomic E-state index is 9.67. The molecule has 4 heteroatoms. The van der Waals surface area contributed by atoms with E-state index in [-0.39, 0.29) is 6.61 Å². The number of aliphatic hydroxyl groups is 1. The van der Waals surface area contributed by atoms with Crippen LogP contribution in [0.4, 0.5) is 11.5 Å². The van der Waals surface area contributed by atoms with Gasteiger partial charge in [0.1, 0.15) is 5.82 Å². The molecule has 18 heavy (non-hydrogen) atoms. The molecule has 0 amide bonds. The highest BCUT2D eigenvalue weighted by Gasteiger charge is 2.26. The van der Waals surface area contributed by atoms with Gasteiger partial charge in [-0.2, -0.15) is 0 Å². The third-order valence-electron chi connectivity index (χ3n) is 2.98. The summed E-state index contributed by atoms with van der Waals surface area (Å²) in [6, 6.07) is 13.4. The molecule has 1 aromatic carbocycles. The van der Waals surface area contributed by atoms with Crippen LogP contribution >= 0.6 is 0 Å². The Morgan fingerprint density at radius 3 is 2.56 bits per heavy atom. The maximum absolute atomic E-state index is 9.67. The van der Waals surface area contributed by atoms with Crippen molar-refractivity contribution in [2.75, 3.05) is 17.7 Å². The molecule has 0 spiro atoms. The van der Waals surface area contributed by atoms with Crippen LogP contribution in [0, 0.1) is 0 Å². The minimum absolute atomic E-state index is 0.0364. The van der Waals surface area contributed by atoms with Gasteiger partial charge in [-0.25, -0.2) is 4.98 Å². The minimum atomic E-state index is -0.585. The Bertz CT molecular complexity index is 515. The number of anilines is 2. The normalized spacial score (nSPS) is 13.9. The summed E-state index contributed by atoms with van der Waals surface area (Å²) in [7, 11) is 0. The van der Waals surface area contributed by atoms with Crippen LogP contribution < -0.4 is 11.1 Å². The van der Waals surface area contributed by atoms with Crippen LogP contribution in [0.15, 0.2) is 48.7 Å². The van der Waals surface area contributed by atoms with E-state index in [1.165, 1.54) is 0 Å². The third kappa shape index (κ3) is 2.43. The van der Waals surface area contributed by atoms with Gasteiger partial charge in [-0.1, -0.05) is 30.3 Å². The molecule has 1 aromatic heterocycles. The van der Waals surface area contributed by atoms with Crippen molar-refractivity contribution in [1.82, 2.24) is 4.98 Å². The summed E-state index contributed by atoms with van der Waals surface area (Å²) in [5.41, 5.74) is 6.94. The molecular weight excluding hydrogens is 226 g/mol. The standard InChI is InChI=1S/C14H17N3O/c1-14(10-18,11-6-3-2-4-7-11)17-12-8-5-9-16-13(12)15/h2-9,17-18H,10H2,1H3,(H2,15,16). The Morgan fingerprint density at radius 2 is 1.94 bits per heavy atom. The minimum Gasteiger partial charge on any atom is -0.394 e. The van der Waals surface area contributed by atoms with Gasteiger partial charge in [0.2, 0.25) is 0 Å².